The lowest BCUT2D eigenvalue weighted by Gasteiger charge is -2.35. The number of amides is 2. The van der Waals surface area contributed by atoms with Crippen LogP contribution in [0.1, 0.15) is 33.1 Å². The first-order valence-corrected chi connectivity index (χ1v) is 6.39. The van der Waals surface area contributed by atoms with Crippen LogP contribution in [0.4, 0.5) is 0 Å². The average Bonchev–Trinajstić information content (AvgIpc) is 2.26. The Hall–Kier alpha value is -1.10. The van der Waals surface area contributed by atoms with E-state index >= 15 is 0 Å². The van der Waals surface area contributed by atoms with E-state index in [9.17, 15) is 9.59 Å². The summed E-state index contributed by atoms with van der Waals surface area (Å²) in [5, 5.41) is 0. The van der Waals surface area contributed by atoms with Crippen molar-refractivity contribution in [1.82, 2.24) is 9.80 Å². The Morgan fingerprint density at radius 1 is 1.12 bits per heavy atom. The molecule has 1 atom stereocenters. The van der Waals surface area contributed by atoms with Crippen molar-refractivity contribution in [1.29, 1.82) is 0 Å². The molecule has 1 heterocycles. The second-order valence-electron chi connectivity index (χ2n) is 4.64. The molecule has 0 spiro atoms. The molecule has 0 aromatic carbocycles. The van der Waals surface area contributed by atoms with E-state index in [0.717, 1.165) is 19.3 Å². The first-order chi connectivity index (χ1) is 8.08. The highest BCUT2D eigenvalue weighted by Crippen LogP contribution is 2.07. The van der Waals surface area contributed by atoms with Gasteiger partial charge in [-0.25, -0.2) is 0 Å². The van der Waals surface area contributed by atoms with Crippen LogP contribution in [0.15, 0.2) is 0 Å². The van der Waals surface area contributed by atoms with Gasteiger partial charge < -0.3 is 15.5 Å². The highest BCUT2D eigenvalue weighted by atomic mass is 16.2. The number of carbonyl (C=O) groups is 2. The molecule has 0 bridgehead atoms. The van der Waals surface area contributed by atoms with Crippen molar-refractivity contribution in [2.24, 2.45) is 5.73 Å². The Labute approximate surface area is 103 Å². The molecule has 2 N–H and O–H groups in total. The van der Waals surface area contributed by atoms with Crippen LogP contribution < -0.4 is 5.73 Å². The maximum absolute atomic E-state index is 11.8. The van der Waals surface area contributed by atoms with Crippen molar-refractivity contribution in [2.45, 2.75) is 39.2 Å². The number of hydrogen-bond donors (Lipinski definition) is 1. The van der Waals surface area contributed by atoms with Gasteiger partial charge in [-0.15, -0.1) is 0 Å². The summed E-state index contributed by atoms with van der Waals surface area (Å²) in [6.07, 6.45) is 2.77. The molecule has 1 fully saturated rings. The van der Waals surface area contributed by atoms with Crippen molar-refractivity contribution in [3.63, 3.8) is 0 Å². The zero-order valence-electron chi connectivity index (χ0n) is 10.8. The predicted molar refractivity (Wildman–Crippen MR) is 66.3 cm³/mol. The van der Waals surface area contributed by atoms with Gasteiger partial charge in [-0.1, -0.05) is 20.3 Å². The van der Waals surface area contributed by atoms with Gasteiger partial charge in [0.2, 0.25) is 11.8 Å². The Kier molecular flexibility index (Phi) is 5.41. The number of rotatable bonds is 6. The Bertz CT molecular complexity index is 281. The molecule has 0 aliphatic carbocycles. The Balaban J connectivity index is 2.49. The van der Waals surface area contributed by atoms with Crippen molar-refractivity contribution >= 4 is 11.8 Å². The summed E-state index contributed by atoms with van der Waals surface area (Å²) >= 11 is 0. The van der Waals surface area contributed by atoms with E-state index in [-0.39, 0.29) is 30.9 Å². The molecule has 1 rings (SSSR count). The smallest absolute Gasteiger partial charge is 0.242 e. The molecule has 0 saturated carbocycles. The first-order valence-electron chi connectivity index (χ1n) is 6.39. The highest BCUT2D eigenvalue weighted by Gasteiger charge is 2.29. The normalized spacial score (nSPS) is 18.8. The molecule has 1 aliphatic heterocycles. The van der Waals surface area contributed by atoms with E-state index in [2.05, 4.69) is 6.92 Å². The minimum Gasteiger partial charge on any atom is -0.332 e. The summed E-state index contributed by atoms with van der Waals surface area (Å²) in [5.74, 6) is 0.0553. The summed E-state index contributed by atoms with van der Waals surface area (Å²) in [4.78, 5) is 26.8. The molecular formula is C12H23N3O2. The average molecular weight is 241 g/mol. The molecule has 1 saturated heterocycles. The number of piperazine rings is 1. The summed E-state index contributed by atoms with van der Waals surface area (Å²) < 4.78 is 0. The van der Waals surface area contributed by atoms with E-state index in [4.69, 9.17) is 5.73 Å². The molecule has 1 aliphatic rings. The predicted octanol–water partition coefficient (Wildman–Crippen LogP) is 0.195. The number of nitrogens with zero attached hydrogens (tertiary/aromatic N) is 2. The second kappa shape index (κ2) is 6.59. The molecule has 0 aromatic heterocycles. The van der Waals surface area contributed by atoms with Gasteiger partial charge in [-0.3, -0.25) is 9.59 Å². The molecule has 0 radical (unpaired) electrons. The number of carbonyl (C=O) groups excluding carboxylic acids is 2. The van der Waals surface area contributed by atoms with Crippen LogP contribution in [0.25, 0.3) is 0 Å². The van der Waals surface area contributed by atoms with Crippen LogP contribution >= 0.6 is 0 Å². The molecule has 0 aromatic rings. The molecule has 98 valence electrons. The lowest BCUT2D eigenvalue weighted by Crippen LogP contribution is -2.56. The van der Waals surface area contributed by atoms with Gasteiger partial charge in [-0.2, -0.15) is 0 Å². The minimum absolute atomic E-state index is 0.0182. The Morgan fingerprint density at radius 3 is 2.29 bits per heavy atom. The topological polar surface area (TPSA) is 66.6 Å². The van der Waals surface area contributed by atoms with Crippen LogP contribution in [-0.4, -0.2) is 53.8 Å². The van der Waals surface area contributed by atoms with Crippen LogP contribution in [0, 0.1) is 0 Å². The fraction of sp³-hybridized carbons (Fsp3) is 0.833. The van der Waals surface area contributed by atoms with Gasteiger partial charge in [0.1, 0.15) is 0 Å². The maximum Gasteiger partial charge on any atom is 0.242 e. The lowest BCUT2D eigenvalue weighted by atomic mass is 10.1. The monoisotopic (exact) mass is 241 g/mol. The minimum atomic E-state index is -0.0190. The van der Waals surface area contributed by atoms with Crippen molar-refractivity contribution in [3.05, 3.63) is 0 Å². The quantitative estimate of drug-likeness (QED) is 0.722. The fourth-order valence-electron chi connectivity index (χ4n) is 2.09. The van der Waals surface area contributed by atoms with E-state index in [1.807, 2.05) is 6.92 Å². The van der Waals surface area contributed by atoms with Crippen LogP contribution in [0.5, 0.6) is 0 Å². The van der Waals surface area contributed by atoms with E-state index in [0.29, 0.717) is 13.1 Å². The SMILES string of the molecule is CCCC(N)CN1CC(=O)N(CCC)CC1=O. The van der Waals surface area contributed by atoms with Crippen LogP contribution in [-0.2, 0) is 9.59 Å². The second-order valence-corrected chi connectivity index (χ2v) is 4.64. The highest BCUT2D eigenvalue weighted by molar-refractivity contribution is 5.92. The van der Waals surface area contributed by atoms with Gasteiger partial charge >= 0.3 is 0 Å². The van der Waals surface area contributed by atoms with Crippen molar-refractivity contribution in [2.75, 3.05) is 26.2 Å². The third-order valence-corrected chi connectivity index (χ3v) is 2.97. The Morgan fingerprint density at radius 2 is 1.71 bits per heavy atom. The summed E-state index contributed by atoms with van der Waals surface area (Å²) in [5.41, 5.74) is 5.90. The van der Waals surface area contributed by atoms with E-state index in [1.165, 1.54) is 0 Å². The van der Waals surface area contributed by atoms with Gasteiger partial charge in [-0.05, 0) is 12.8 Å². The molecule has 5 nitrogen and oxygen atoms in total. The third-order valence-electron chi connectivity index (χ3n) is 2.97. The molecule has 17 heavy (non-hydrogen) atoms. The first kappa shape index (κ1) is 14.0. The van der Waals surface area contributed by atoms with Gasteiger partial charge in [0.25, 0.3) is 0 Å². The zero-order chi connectivity index (χ0) is 12.8. The molecule has 2 amide bonds. The summed E-state index contributed by atoms with van der Waals surface area (Å²) in [6, 6.07) is -0.0190. The number of nitrogens with two attached hydrogens (primary N) is 1. The fourth-order valence-corrected chi connectivity index (χ4v) is 2.09. The van der Waals surface area contributed by atoms with Gasteiger partial charge in [0, 0.05) is 19.1 Å². The zero-order valence-corrected chi connectivity index (χ0v) is 10.8. The van der Waals surface area contributed by atoms with E-state index in [1.54, 1.807) is 9.80 Å². The van der Waals surface area contributed by atoms with Gasteiger partial charge in [0.05, 0.1) is 13.1 Å². The van der Waals surface area contributed by atoms with Crippen molar-refractivity contribution < 1.29 is 9.59 Å². The summed E-state index contributed by atoms with van der Waals surface area (Å²) in [6.45, 7) is 5.63. The van der Waals surface area contributed by atoms with Crippen molar-refractivity contribution in [3.8, 4) is 0 Å². The van der Waals surface area contributed by atoms with Crippen LogP contribution in [0.3, 0.4) is 0 Å². The standard InChI is InChI=1S/C12H23N3O2/c1-3-5-10(13)7-15-9-11(16)14(6-4-2)8-12(15)17/h10H,3-9,13H2,1-2H3. The van der Waals surface area contributed by atoms with Gasteiger partial charge in [0.15, 0.2) is 0 Å². The van der Waals surface area contributed by atoms with E-state index < -0.39 is 0 Å². The summed E-state index contributed by atoms with van der Waals surface area (Å²) in [7, 11) is 0. The number of hydrogen-bond acceptors (Lipinski definition) is 3. The largest absolute Gasteiger partial charge is 0.332 e. The molecule has 5 heteroatoms. The molecule has 1 unspecified atom stereocenters. The molecular weight excluding hydrogens is 218 g/mol. The van der Waals surface area contributed by atoms with Crippen LogP contribution in [0.2, 0.25) is 0 Å². The third kappa shape index (κ3) is 4.00. The lowest BCUT2D eigenvalue weighted by molar-refractivity contribution is -0.150. The maximum atomic E-state index is 11.8.